The highest BCUT2D eigenvalue weighted by Gasteiger charge is 2.18. The van der Waals surface area contributed by atoms with Crippen molar-refractivity contribution in [1.82, 2.24) is 14.8 Å². The number of rotatable bonds is 3. The van der Waals surface area contributed by atoms with E-state index in [1.807, 2.05) is 24.4 Å². The zero-order valence-corrected chi connectivity index (χ0v) is 11.9. The van der Waals surface area contributed by atoms with E-state index < -0.39 is 0 Å². The van der Waals surface area contributed by atoms with Crippen molar-refractivity contribution in [1.29, 1.82) is 0 Å². The van der Waals surface area contributed by atoms with Gasteiger partial charge in [0, 0.05) is 36.3 Å². The first-order valence-electron chi connectivity index (χ1n) is 7.16. The van der Waals surface area contributed by atoms with Crippen molar-refractivity contribution in [3.05, 3.63) is 36.0 Å². The van der Waals surface area contributed by atoms with E-state index in [0.717, 1.165) is 49.1 Å². The molecule has 0 saturated carbocycles. The molecule has 20 heavy (non-hydrogen) atoms. The molecule has 1 saturated heterocycles. The molecule has 1 aliphatic rings. The van der Waals surface area contributed by atoms with Gasteiger partial charge in [0.15, 0.2) is 5.78 Å². The minimum Gasteiger partial charge on any atom is -0.360 e. The zero-order valence-electron chi connectivity index (χ0n) is 11.9. The standard InChI is InChI=1S/C16H20N3O/c1-18-7-4-8-19(10-9-18)12-16(20)14-11-17-15-6-3-2-5-13(14)15/h2-3,5,11,17H,4,7-10,12H2,1H3. The van der Waals surface area contributed by atoms with E-state index in [-0.39, 0.29) is 5.78 Å². The molecule has 105 valence electrons. The first kappa shape index (κ1) is 13.3. The van der Waals surface area contributed by atoms with Gasteiger partial charge in [0.25, 0.3) is 0 Å². The maximum Gasteiger partial charge on any atom is 0.178 e. The summed E-state index contributed by atoms with van der Waals surface area (Å²) in [5.41, 5.74) is 1.70. The smallest absolute Gasteiger partial charge is 0.178 e. The minimum absolute atomic E-state index is 0.195. The van der Waals surface area contributed by atoms with Crippen molar-refractivity contribution in [2.75, 3.05) is 39.8 Å². The summed E-state index contributed by atoms with van der Waals surface area (Å²) in [7, 11) is 2.14. The van der Waals surface area contributed by atoms with Crippen molar-refractivity contribution in [2.24, 2.45) is 0 Å². The van der Waals surface area contributed by atoms with Gasteiger partial charge in [0.1, 0.15) is 0 Å². The second-order valence-corrected chi connectivity index (χ2v) is 5.52. The quantitative estimate of drug-likeness (QED) is 0.864. The Morgan fingerprint density at radius 2 is 2.25 bits per heavy atom. The summed E-state index contributed by atoms with van der Waals surface area (Å²) >= 11 is 0. The average Bonchev–Trinajstić information content (AvgIpc) is 2.78. The lowest BCUT2D eigenvalue weighted by Gasteiger charge is -2.18. The third-order valence-corrected chi connectivity index (χ3v) is 3.99. The molecule has 1 aliphatic heterocycles. The number of aromatic nitrogens is 1. The van der Waals surface area contributed by atoms with Gasteiger partial charge in [-0.25, -0.2) is 0 Å². The molecule has 0 aliphatic carbocycles. The lowest BCUT2D eigenvalue weighted by Crippen LogP contribution is -2.33. The third kappa shape index (κ3) is 2.76. The molecule has 0 unspecified atom stereocenters. The van der Waals surface area contributed by atoms with Gasteiger partial charge < -0.3 is 9.88 Å². The molecule has 1 aromatic carbocycles. The highest BCUT2D eigenvalue weighted by molar-refractivity contribution is 6.08. The molecule has 3 rings (SSSR count). The maximum atomic E-state index is 12.5. The number of nitrogens with zero attached hydrogens (tertiary/aromatic N) is 2. The van der Waals surface area contributed by atoms with Gasteiger partial charge in [-0.05, 0) is 26.6 Å². The predicted molar refractivity (Wildman–Crippen MR) is 80.0 cm³/mol. The number of likely N-dealkylation sites (N-methyl/N-ethyl adjacent to an activating group) is 1. The van der Waals surface area contributed by atoms with Gasteiger partial charge in [0.2, 0.25) is 0 Å². The van der Waals surface area contributed by atoms with E-state index in [2.05, 4.69) is 27.9 Å². The Kier molecular flexibility index (Phi) is 3.85. The molecule has 2 heterocycles. The fourth-order valence-corrected chi connectivity index (χ4v) is 2.78. The second-order valence-electron chi connectivity index (χ2n) is 5.52. The van der Waals surface area contributed by atoms with E-state index in [1.54, 1.807) is 0 Å². The van der Waals surface area contributed by atoms with Gasteiger partial charge in [-0.15, -0.1) is 0 Å². The van der Waals surface area contributed by atoms with Crippen LogP contribution in [-0.4, -0.2) is 60.3 Å². The Hall–Kier alpha value is -1.65. The maximum absolute atomic E-state index is 12.5. The summed E-state index contributed by atoms with van der Waals surface area (Å²) in [6.45, 7) is 4.64. The summed E-state index contributed by atoms with van der Waals surface area (Å²) in [5, 5.41) is 0.976. The van der Waals surface area contributed by atoms with Crippen molar-refractivity contribution in [3.63, 3.8) is 0 Å². The summed E-state index contributed by atoms with van der Waals surface area (Å²) in [4.78, 5) is 20.2. The van der Waals surface area contributed by atoms with Crippen molar-refractivity contribution in [2.45, 2.75) is 6.42 Å². The Bertz CT molecular complexity index is 605. The highest BCUT2D eigenvalue weighted by atomic mass is 16.1. The number of carbonyl (C=O) groups is 1. The Balaban J connectivity index is 1.73. The number of nitrogens with one attached hydrogen (secondary N) is 1. The summed E-state index contributed by atoms with van der Waals surface area (Å²) in [6.07, 6.45) is 2.94. The molecule has 2 aromatic rings. The van der Waals surface area contributed by atoms with Crippen molar-refractivity contribution < 1.29 is 4.79 Å². The number of hydrogen-bond acceptors (Lipinski definition) is 3. The number of H-pyrrole nitrogens is 1. The first-order valence-corrected chi connectivity index (χ1v) is 7.16. The van der Waals surface area contributed by atoms with E-state index in [0.29, 0.717) is 6.54 Å². The summed E-state index contributed by atoms with van der Waals surface area (Å²) < 4.78 is 0. The molecule has 1 aromatic heterocycles. The van der Waals surface area contributed by atoms with Crippen LogP contribution in [0.4, 0.5) is 0 Å². The molecular formula is C16H20N3O. The van der Waals surface area contributed by atoms with Crippen LogP contribution in [0.5, 0.6) is 0 Å². The molecule has 4 heteroatoms. The van der Waals surface area contributed by atoms with Crippen LogP contribution in [0, 0.1) is 6.07 Å². The molecule has 0 atom stereocenters. The van der Waals surface area contributed by atoms with E-state index in [1.165, 1.54) is 0 Å². The van der Waals surface area contributed by atoms with Crippen molar-refractivity contribution >= 4 is 16.7 Å². The molecule has 0 amide bonds. The SMILES string of the molecule is CN1CCCN(CC(=O)c2c[nH]c3[c]cccc23)CC1. The van der Waals surface area contributed by atoms with E-state index in [4.69, 9.17) is 0 Å². The zero-order chi connectivity index (χ0) is 13.9. The van der Waals surface area contributed by atoms with Crippen LogP contribution >= 0.6 is 0 Å². The van der Waals surface area contributed by atoms with Gasteiger partial charge in [-0.1, -0.05) is 18.2 Å². The number of para-hydroxylation sites is 1. The molecule has 1 fully saturated rings. The summed E-state index contributed by atoms with van der Waals surface area (Å²) in [5.74, 6) is 0.195. The van der Waals surface area contributed by atoms with Crippen LogP contribution in [0.15, 0.2) is 24.4 Å². The molecule has 0 bridgehead atoms. The molecule has 4 nitrogen and oxygen atoms in total. The topological polar surface area (TPSA) is 39.3 Å². The number of hydrogen-bond donors (Lipinski definition) is 1. The van der Waals surface area contributed by atoms with Gasteiger partial charge in [-0.3, -0.25) is 9.69 Å². The van der Waals surface area contributed by atoms with E-state index >= 15 is 0 Å². The number of benzene rings is 1. The minimum atomic E-state index is 0.195. The van der Waals surface area contributed by atoms with Gasteiger partial charge in [0.05, 0.1) is 12.1 Å². The number of Topliss-reactive ketones (excluding diaryl/α,β-unsaturated/α-hetero) is 1. The molecule has 1 radical (unpaired) electrons. The van der Waals surface area contributed by atoms with Gasteiger partial charge in [-0.2, -0.15) is 0 Å². The number of ketones is 1. The number of carbonyl (C=O) groups excluding carboxylic acids is 1. The lowest BCUT2D eigenvalue weighted by molar-refractivity contribution is 0.0935. The van der Waals surface area contributed by atoms with Crippen LogP contribution < -0.4 is 0 Å². The van der Waals surface area contributed by atoms with Crippen LogP contribution in [0.1, 0.15) is 16.8 Å². The number of aromatic amines is 1. The fourth-order valence-electron chi connectivity index (χ4n) is 2.78. The Morgan fingerprint density at radius 1 is 1.35 bits per heavy atom. The predicted octanol–water partition coefficient (Wildman–Crippen LogP) is 1.79. The van der Waals surface area contributed by atoms with Crippen molar-refractivity contribution in [3.8, 4) is 0 Å². The highest BCUT2D eigenvalue weighted by Crippen LogP contribution is 2.18. The van der Waals surface area contributed by atoms with Crippen LogP contribution in [-0.2, 0) is 0 Å². The third-order valence-electron chi connectivity index (χ3n) is 3.99. The number of fused-ring (bicyclic) bond motifs is 1. The molecule has 1 N–H and O–H groups in total. The largest absolute Gasteiger partial charge is 0.360 e. The molecular weight excluding hydrogens is 250 g/mol. The van der Waals surface area contributed by atoms with Crippen LogP contribution in [0.2, 0.25) is 0 Å². The van der Waals surface area contributed by atoms with Gasteiger partial charge >= 0.3 is 0 Å². The van der Waals surface area contributed by atoms with Crippen LogP contribution in [0.3, 0.4) is 0 Å². The van der Waals surface area contributed by atoms with Crippen LogP contribution in [0.25, 0.3) is 10.9 Å². The summed E-state index contributed by atoms with van der Waals surface area (Å²) in [6, 6.07) is 8.88. The normalized spacial score (nSPS) is 18.2. The monoisotopic (exact) mass is 270 g/mol. The van der Waals surface area contributed by atoms with E-state index in [9.17, 15) is 4.79 Å². The lowest BCUT2D eigenvalue weighted by atomic mass is 10.1. The molecule has 0 spiro atoms. The Morgan fingerprint density at radius 3 is 3.15 bits per heavy atom. The first-order chi connectivity index (χ1) is 9.74. The Labute approximate surface area is 119 Å². The second kappa shape index (κ2) is 5.77. The average molecular weight is 270 g/mol. The fraction of sp³-hybridized carbons (Fsp3) is 0.438.